The third-order valence-corrected chi connectivity index (χ3v) is 6.35. The Morgan fingerprint density at radius 3 is 2.62 bits per heavy atom. The summed E-state index contributed by atoms with van der Waals surface area (Å²) in [4.78, 5) is 18.5. The van der Waals surface area contributed by atoms with Crippen molar-refractivity contribution in [2.45, 2.75) is 34.1 Å². The van der Waals surface area contributed by atoms with Crippen molar-refractivity contribution in [1.29, 1.82) is 0 Å². The van der Waals surface area contributed by atoms with Crippen LogP contribution in [0.2, 0.25) is 0 Å². The predicted molar refractivity (Wildman–Crippen MR) is 133 cm³/mol. The molecule has 1 aromatic carbocycles. The number of rotatable bonds is 5. The van der Waals surface area contributed by atoms with E-state index in [0.29, 0.717) is 22.7 Å². The van der Waals surface area contributed by atoms with E-state index in [2.05, 4.69) is 61.1 Å². The van der Waals surface area contributed by atoms with Gasteiger partial charge in [-0.05, 0) is 71.7 Å². The van der Waals surface area contributed by atoms with Crippen LogP contribution in [0.15, 0.2) is 48.8 Å². The van der Waals surface area contributed by atoms with Crippen LogP contribution in [0.1, 0.15) is 54.4 Å². The minimum atomic E-state index is -0.247. The Balaban J connectivity index is 1.89. The molecule has 1 saturated heterocycles. The van der Waals surface area contributed by atoms with E-state index in [9.17, 15) is 4.79 Å². The number of hydrogen-bond donors (Lipinski definition) is 3. The molecule has 1 amide bonds. The van der Waals surface area contributed by atoms with Crippen LogP contribution in [-0.4, -0.2) is 31.0 Å². The van der Waals surface area contributed by atoms with E-state index >= 15 is 0 Å². The van der Waals surface area contributed by atoms with E-state index < -0.39 is 0 Å². The number of aryl methyl sites for hydroxylation is 1. The number of allylic oxidation sites excluding steroid dienone is 2. The zero-order valence-electron chi connectivity index (χ0n) is 19.8. The molecule has 0 saturated carbocycles. The average molecular weight is 434 g/mol. The molecule has 0 aliphatic carbocycles. The number of carbonyl (C=O) groups is 1. The fraction of sp³-hybridized carbons (Fsp3) is 0.385. The summed E-state index contributed by atoms with van der Waals surface area (Å²) in [5.41, 5.74) is 18.5. The SMILES string of the molecule is CNC(=O)c1cc(C(/C=C(\N)c2cc(N3CCC(C(C)(C)C)C3)ccc2C)=C/N)ccn1. The van der Waals surface area contributed by atoms with Gasteiger partial charge >= 0.3 is 0 Å². The number of nitrogens with zero attached hydrogens (tertiary/aromatic N) is 2. The molecule has 1 aliphatic rings. The molecule has 1 aromatic heterocycles. The fourth-order valence-electron chi connectivity index (χ4n) is 4.15. The minimum Gasteiger partial charge on any atom is -0.404 e. The zero-order chi connectivity index (χ0) is 23.5. The maximum absolute atomic E-state index is 11.9. The van der Waals surface area contributed by atoms with E-state index in [1.54, 1.807) is 19.3 Å². The summed E-state index contributed by atoms with van der Waals surface area (Å²) in [6, 6.07) is 9.99. The van der Waals surface area contributed by atoms with Gasteiger partial charge in [-0.25, -0.2) is 0 Å². The van der Waals surface area contributed by atoms with Crippen molar-refractivity contribution in [1.82, 2.24) is 10.3 Å². The largest absolute Gasteiger partial charge is 0.404 e. The van der Waals surface area contributed by atoms with Gasteiger partial charge < -0.3 is 21.7 Å². The Morgan fingerprint density at radius 2 is 2.00 bits per heavy atom. The topological polar surface area (TPSA) is 97.3 Å². The van der Waals surface area contributed by atoms with E-state index in [1.165, 1.54) is 18.3 Å². The molecular weight excluding hydrogens is 398 g/mol. The Morgan fingerprint density at radius 1 is 1.25 bits per heavy atom. The molecule has 6 nitrogen and oxygen atoms in total. The molecule has 1 unspecified atom stereocenters. The molecule has 3 rings (SSSR count). The molecular formula is C26H35N5O. The Bertz CT molecular complexity index is 1050. The van der Waals surface area contributed by atoms with Crippen molar-refractivity contribution in [3.05, 3.63) is 71.2 Å². The zero-order valence-corrected chi connectivity index (χ0v) is 19.8. The van der Waals surface area contributed by atoms with Crippen molar-refractivity contribution in [3.63, 3.8) is 0 Å². The number of nitrogens with two attached hydrogens (primary N) is 2. The number of carbonyl (C=O) groups excluding carboxylic acids is 1. The average Bonchev–Trinajstić information content (AvgIpc) is 3.28. The van der Waals surface area contributed by atoms with E-state index in [-0.39, 0.29) is 5.91 Å². The second-order valence-electron chi connectivity index (χ2n) is 9.53. The highest BCUT2D eigenvalue weighted by Crippen LogP contribution is 2.36. The minimum absolute atomic E-state index is 0.247. The van der Waals surface area contributed by atoms with E-state index in [4.69, 9.17) is 11.5 Å². The maximum Gasteiger partial charge on any atom is 0.269 e. The van der Waals surface area contributed by atoms with E-state index in [0.717, 1.165) is 35.4 Å². The molecule has 6 heteroatoms. The molecule has 0 spiro atoms. The standard InChI is InChI=1S/C26H35N5O/c1-17-6-7-21(31-11-9-20(16-31)26(2,3)4)14-22(17)23(28)12-19(15-27)18-8-10-30-24(13-18)25(32)29-5/h6-8,10,12-15,20H,9,11,16,27-28H2,1-5H3,(H,29,32)/b19-15+,23-12-. The molecule has 0 radical (unpaired) electrons. The molecule has 5 N–H and O–H groups in total. The van der Waals surface area contributed by atoms with Gasteiger partial charge in [-0.1, -0.05) is 26.8 Å². The van der Waals surface area contributed by atoms with Crippen LogP contribution in [0.25, 0.3) is 11.3 Å². The highest BCUT2D eigenvalue weighted by Gasteiger charge is 2.32. The number of aromatic nitrogens is 1. The quantitative estimate of drug-likeness (QED) is 0.621. The summed E-state index contributed by atoms with van der Waals surface area (Å²) in [6.07, 6.45) is 6.16. The van der Waals surface area contributed by atoms with Gasteiger partial charge in [-0.3, -0.25) is 9.78 Å². The first-order valence-electron chi connectivity index (χ1n) is 11.1. The predicted octanol–water partition coefficient (Wildman–Crippen LogP) is 3.92. The van der Waals surface area contributed by atoms with Crippen LogP contribution >= 0.6 is 0 Å². The van der Waals surface area contributed by atoms with Gasteiger partial charge in [0.2, 0.25) is 0 Å². The van der Waals surface area contributed by atoms with Crippen LogP contribution in [0.3, 0.4) is 0 Å². The number of pyridine rings is 1. The van der Waals surface area contributed by atoms with Crippen molar-refractivity contribution in [2.75, 3.05) is 25.0 Å². The van der Waals surface area contributed by atoms with Gasteiger partial charge in [-0.2, -0.15) is 0 Å². The monoisotopic (exact) mass is 433 g/mol. The Hall–Kier alpha value is -3.28. The summed E-state index contributed by atoms with van der Waals surface area (Å²) in [5.74, 6) is 0.427. The van der Waals surface area contributed by atoms with Gasteiger partial charge in [-0.15, -0.1) is 0 Å². The maximum atomic E-state index is 11.9. The molecule has 32 heavy (non-hydrogen) atoms. The van der Waals surface area contributed by atoms with Crippen molar-refractivity contribution < 1.29 is 4.79 Å². The number of hydrogen-bond acceptors (Lipinski definition) is 5. The van der Waals surface area contributed by atoms with E-state index in [1.807, 2.05) is 12.1 Å². The van der Waals surface area contributed by atoms with Crippen LogP contribution in [-0.2, 0) is 0 Å². The van der Waals surface area contributed by atoms with Crippen LogP contribution in [0.5, 0.6) is 0 Å². The number of benzene rings is 1. The first-order valence-corrected chi connectivity index (χ1v) is 11.1. The summed E-state index contributed by atoms with van der Waals surface area (Å²) in [6.45, 7) is 11.1. The number of anilines is 1. The molecule has 1 fully saturated rings. The molecule has 170 valence electrons. The van der Waals surface area contributed by atoms with Gasteiger partial charge in [0, 0.05) is 49.5 Å². The van der Waals surface area contributed by atoms with Gasteiger partial charge in [0.15, 0.2) is 0 Å². The summed E-state index contributed by atoms with van der Waals surface area (Å²) < 4.78 is 0. The smallest absolute Gasteiger partial charge is 0.269 e. The summed E-state index contributed by atoms with van der Waals surface area (Å²) in [7, 11) is 1.58. The highest BCUT2D eigenvalue weighted by molar-refractivity contribution is 5.93. The van der Waals surface area contributed by atoms with Crippen LogP contribution < -0.4 is 21.7 Å². The normalized spacial score (nSPS) is 17.5. The van der Waals surface area contributed by atoms with Crippen LogP contribution in [0.4, 0.5) is 5.69 Å². The lowest BCUT2D eigenvalue weighted by Gasteiger charge is -2.27. The van der Waals surface area contributed by atoms with Gasteiger partial charge in [0.25, 0.3) is 5.91 Å². The summed E-state index contributed by atoms with van der Waals surface area (Å²) >= 11 is 0. The first kappa shape index (κ1) is 23.4. The Labute approximate surface area is 191 Å². The third kappa shape index (κ3) is 5.13. The molecule has 2 heterocycles. The van der Waals surface area contributed by atoms with Crippen molar-refractivity contribution in [2.24, 2.45) is 22.8 Å². The molecule has 1 aliphatic heterocycles. The second kappa shape index (κ2) is 9.47. The van der Waals surface area contributed by atoms with Crippen molar-refractivity contribution >= 4 is 22.9 Å². The lowest BCUT2D eigenvalue weighted by atomic mass is 9.80. The summed E-state index contributed by atoms with van der Waals surface area (Å²) in [5, 5.41) is 2.59. The van der Waals surface area contributed by atoms with Crippen molar-refractivity contribution in [3.8, 4) is 0 Å². The molecule has 1 atom stereocenters. The number of amides is 1. The first-order chi connectivity index (χ1) is 15.1. The van der Waals surface area contributed by atoms with Gasteiger partial charge in [0.05, 0.1) is 0 Å². The van der Waals surface area contributed by atoms with Gasteiger partial charge in [0.1, 0.15) is 5.69 Å². The number of nitrogens with one attached hydrogen (secondary N) is 1. The molecule has 0 bridgehead atoms. The second-order valence-corrected chi connectivity index (χ2v) is 9.53. The highest BCUT2D eigenvalue weighted by atomic mass is 16.1. The fourth-order valence-corrected chi connectivity index (χ4v) is 4.15. The van der Waals surface area contributed by atoms with Crippen LogP contribution in [0, 0.1) is 18.3 Å². The lowest BCUT2D eigenvalue weighted by molar-refractivity contribution is 0.0958. The molecule has 2 aromatic rings. The lowest BCUT2D eigenvalue weighted by Crippen LogP contribution is -2.25. The third-order valence-electron chi connectivity index (χ3n) is 6.35. The Kier molecular flexibility index (Phi) is 6.92.